The predicted octanol–water partition coefficient (Wildman–Crippen LogP) is 1.32. The van der Waals surface area contributed by atoms with E-state index in [1.54, 1.807) is 0 Å². The third-order valence-electron chi connectivity index (χ3n) is 4.77. The maximum atomic E-state index is 11.7. The van der Waals surface area contributed by atoms with Gasteiger partial charge in [-0.25, -0.2) is 0 Å². The number of rotatable bonds is 4. The van der Waals surface area contributed by atoms with Crippen LogP contribution in [0.15, 0.2) is 0 Å². The summed E-state index contributed by atoms with van der Waals surface area (Å²) < 4.78 is 0. The van der Waals surface area contributed by atoms with Crippen molar-refractivity contribution in [1.29, 1.82) is 0 Å². The lowest BCUT2D eigenvalue weighted by molar-refractivity contribution is -0.128. The normalized spacial score (nSPS) is 34.8. The summed E-state index contributed by atoms with van der Waals surface area (Å²) >= 11 is 0. The third kappa shape index (κ3) is 3.69. The van der Waals surface area contributed by atoms with Crippen LogP contribution in [0.1, 0.15) is 40.0 Å². The Morgan fingerprint density at radius 1 is 1.42 bits per heavy atom. The summed E-state index contributed by atoms with van der Waals surface area (Å²) in [5, 5.41) is 3.75. The second kappa shape index (κ2) is 6.23. The van der Waals surface area contributed by atoms with Gasteiger partial charge in [0.05, 0.1) is 0 Å². The summed E-state index contributed by atoms with van der Waals surface area (Å²) in [5.41, 5.74) is 0. The first-order valence-corrected chi connectivity index (χ1v) is 7.71. The molecule has 1 amide bonds. The van der Waals surface area contributed by atoms with Crippen molar-refractivity contribution in [1.82, 2.24) is 15.1 Å². The van der Waals surface area contributed by atoms with Crippen molar-refractivity contribution in [2.75, 3.05) is 26.7 Å². The van der Waals surface area contributed by atoms with Crippen LogP contribution >= 0.6 is 0 Å². The number of hydrogen-bond donors (Lipinski definition) is 1. The van der Waals surface area contributed by atoms with Crippen LogP contribution in [-0.4, -0.2) is 60.5 Å². The fraction of sp³-hybridized carbons (Fsp3) is 0.933. The van der Waals surface area contributed by atoms with Gasteiger partial charge in [-0.3, -0.25) is 4.79 Å². The fourth-order valence-corrected chi connectivity index (χ4v) is 3.42. The minimum atomic E-state index is 0.332. The van der Waals surface area contributed by atoms with Gasteiger partial charge in [0.15, 0.2) is 0 Å². The molecular weight excluding hydrogens is 238 g/mol. The smallest absolute Gasteiger partial charge is 0.222 e. The topological polar surface area (TPSA) is 35.6 Å². The lowest BCUT2D eigenvalue weighted by Crippen LogP contribution is -2.54. The summed E-state index contributed by atoms with van der Waals surface area (Å²) in [7, 11) is 2.21. The molecule has 4 unspecified atom stereocenters. The first-order valence-electron chi connectivity index (χ1n) is 7.71. The van der Waals surface area contributed by atoms with Crippen molar-refractivity contribution in [3.63, 3.8) is 0 Å². The van der Waals surface area contributed by atoms with E-state index in [9.17, 15) is 4.79 Å². The average Bonchev–Trinajstić information content (AvgIpc) is 2.72. The number of amides is 1. The Balaban J connectivity index is 1.81. The molecule has 0 aromatic carbocycles. The Bertz CT molecular complexity index is 321. The maximum absolute atomic E-state index is 11.7. The number of carbonyl (C=O) groups is 1. The molecule has 4 atom stereocenters. The average molecular weight is 267 g/mol. The molecule has 2 aliphatic heterocycles. The molecule has 0 aromatic rings. The number of piperidine rings is 1. The van der Waals surface area contributed by atoms with E-state index in [0.29, 0.717) is 30.0 Å². The van der Waals surface area contributed by atoms with Gasteiger partial charge in [-0.1, -0.05) is 6.92 Å². The zero-order valence-corrected chi connectivity index (χ0v) is 12.9. The highest BCUT2D eigenvalue weighted by Crippen LogP contribution is 2.21. The van der Waals surface area contributed by atoms with Gasteiger partial charge in [0.25, 0.3) is 0 Å². The SMILES string of the molecule is CC(CN1CCCC1=O)NC1CC(C)N(C)CC1C. The molecule has 0 radical (unpaired) electrons. The van der Waals surface area contributed by atoms with E-state index in [1.807, 2.05) is 4.90 Å². The zero-order valence-electron chi connectivity index (χ0n) is 12.9. The first kappa shape index (κ1) is 14.8. The van der Waals surface area contributed by atoms with Gasteiger partial charge in [0.1, 0.15) is 0 Å². The van der Waals surface area contributed by atoms with Crippen LogP contribution in [0.3, 0.4) is 0 Å². The quantitative estimate of drug-likeness (QED) is 0.834. The third-order valence-corrected chi connectivity index (χ3v) is 4.77. The molecule has 110 valence electrons. The summed E-state index contributed by atoms with van der Waals surface area (Å²) in [6, 6.07) is 1.62. The standard InChI is InChI=1S/C15H29N3O/c1-11-9-17(4)13(3)8-14(11)16-12(2)10-18-7-5-6-15(18)19/h11-14,16H,5-10H2,1-4H3. The molecule has 4 heteroatoms. The van der Waals surface area contributed by atoms with Crippen LogP contribution in [0.25, 0.3) is 0 Å². The molecule has 2 heterocycles. The van der Waals surface area contributed by atoms with E-state index in [4.69, 9.17) is 0 Å². The first-order chi connectivity index (χ1) is 8.97. The number of nitrogens with one attached hydrogen (secondary N) is 1. The van der Waals surface area contributed by atoms with Gasteiger partial charge in [0.2, 0.25) is 5.91 Å². The van der Waals surface area contributed by atoms with Gasteiger partial charge in [-0.2, -0.15) is 0 Å². The van der Waals surface area contributed by atoms with Gasteiger partial charge in [0, 0.05) is 44.2 Å². The molecule has 0 aromatic heterocycles. The molecule has 2 saturated heterocycles. The molecule has 1 N–H and O–H groups in total. The maximum Gasteiger partial charge on any atom is 0.222 e. The van der Waals surface area contributed by atoms with Crippen molar-refractivity contribution in [2.24, 2.45) is 5.92 Å². The van der Waals surface area contributed by atoms with E-state index in [1.165, 1.54) is 6.42 Å². The van der Waals surface area contributed by atoms with Crippen molar-refractivity contribution >= 4 is 5.91 Å². The molecule has 0 aliphatic carbocycles. The van der Waals surface area contributed by atoms with E-state index in [-0.39, 0.29) is 0 Å². The van der Waals surface area contributed by atoms with Crippen molar-refractivity contribution in [3.8, 4) is 0 Å². The number of hydrogen-bond acceptors (Lipinski definition) is 3. The molecule has 0 saturated carbocycles. The van der Waals surface area contributed by atoms with E-state index >= 15 is 0 Å². The van der Waals surface area contributed by atoms with E-state index < -0.39 is 0 Å². The summed E-state index contributed by atoms with van der Waals surface area (Å²) in [6.07, 6.45) is 2.98. The molecule has 2 aliphatic rings. The molecule has 0 bridgehead atoms. The van der Waals surface area contributed by atoms with Crippen LogP contribution in [0, 0.1) is 5.92 Å². The zero-order chi connectivity index (χ0) is 14.0. The highest BCUT2D eigenvalue weighted by atomic mass is 16.2. The summed E-state index contributed by atoms with van der Waals surface area (Å²) in [4.78, 5) is 16.1. The second-order valence-electron chi connectivity index (χ2n) is 6.62. The van der Waals surface area contributed by atoms with Crippen LogP contribution in [0.5, 0.6) is 0 Å². The van der Waals surface area contributed by atoms with Gasteiger partial charge >= 0.3 is 0 Å². The monoisotopic (exact) mass is 267 g/mol. The largest absolute Gasteiger partial charge is 0.341 e. The van der Waals surface area contributed by atoms with Gasteiger partial charge < -0.3 is 15.1 Å². The number of likely N-dealkylation sites (tertiary alicyclic amines) is 2. The minimum absolute atomic E-state index is 0.332. The second-order valence-corrected chi connectivity index (χ2v) is 6.62. The Kier molecular flexibility index (Phi) is 4.85. The number of carbonyl (C=O) groups excluding carboxylic acids is 1. The lowest BCUT2D eigenvalue weighted by Gasteiger charge is -2.41. The summed E-state index contributed by atoms with van der Waals surface area (Å²) in [6.45, 7) is 9.81. The van der Waals surface area contributed by atoms with Crippen molar-refractivity contribution in [3.05, 3.63) is 0 Å². The molecule has 2 rings (SSSR count). The van der Waals surface area contributed by atoms with Crippen molar-refractivity contribution < 1.29 is 4.79 Å². The summed E-state index contributed by atoms with van der Waals surface area (Å²) in [5.74, 6) is 1.01. The lowest BCUT2D eigenvalue weighted by atomic mass is 9.89. The fourth-order valence-electron chi connectivity index (χ4n) is 3.42. The Morgan fingerprint density at radius 3 is 2.79 bits per heavy atom. The van der Waals surface area contributed by atoms with Crippen molar-refractivity contribution in [2.45, 2.75) is 58.2 Å². The van der Waals surface area contributed by atoms with E-state index in [2.05, 4.69) is 38.0 Å². The minimum Gasteiger partial charge on any atom is -0.341 e. The van der Waals surface area contributed by atoms with Crippen LogP contribution < -0.4 is 5.32 Å². The molecule has 4 nitrogen and oxygen atoms in total. The molecule has 19 heavy (non-hydrogen) atoms. The molecular formula is C15H29N3O. The highest BCUT2D eigenvalue weighted by molar-refractivity contribution is 5.78. The highest BCUT2D eigenvalue weighted by Gasteiger charge is 2.30. The van der Waals surface area contributed by atoms with Crippen LogP contribution in [0.2, 0.25) is 0 Å². The Morgan fingerprint density at radius 2 is 2.16 bits per heavy atom. The number of nitrogens with zero attached hydrogens (tertiary/aromatic N) is 2. The van der Waals surface area contributed by atoms with Crippen LogP contribution in [0.4, 0.5) is 0 Å². The van der Waals surface area contributed by atoms with Gasteiger partial charge in [-0.15, -0.1) is 0 Å². The Hall–Kier alpha value is -0.610. The van der Waals surface area contributed by atoms with E-state index in [0.717, 1.165) is 32.5 Å². The predicted molar refractivity (Wildman–Crippen MR) is 78.1 cm³/mol. The molecule has 0 spiro atoms. The van der Waals surface area contributed by atoms with Gasteiger partial charge in [-0.05, 0) is 39.7 Å². The Labute approximate surface area is 117 Å². The molecule has 2 fully saturated rings. The van der Waals surface area contributed by atoms with Crippen LogP contribution in [-0.2, 0) is 4.79 Å².